The average molecular weight is 319 g/mol. The number of carbonyl (C=O) groups is 1. The Labute approximate surface area is 111 Å². The van der Waals surface area contributed by atoms with Crippen molar-refractivity contribution in [3.8, 4) is 6.07 Å². The van der Waals surface area contributed by atoms with Gasteiger partial charge < -0.3 is 4.74 Å². The van der Waals surface area contributed by atoms with Gasteiger partial charge in [-0.2, -0.15) is 5.26 Å². The number of ether oxygens (including phenoxy) is 1. The molecule has 0 saturated heterocycles. The molecule has 0 aliphatic carbocycles. The molecule has 0 N–H and O–H groups in total. The van der Waals surface area contributed by atoms with Crippen molar-refractivity contribution in [3.63, 3.8) is 0 Å². The molecule has 0 spiro atoms. The molecule has 0 bridgehead atoms. The zero-order valence-electron chi connectivity index (χ0n) is 9.41. The summed E-state index contributed by atoms with van der Waals surface area (Å²) in [6.45, 7) is 1.72. The number of nitriles is 1. The maximum Gasteiger partial charge on any atom is 0.356 e. The molecule has 4 nitrogen and oxygen atoms in total. The predicted octanol–water partition coefficient (Wildman–Crippen LogP) is 2.96. The van der Waals surface area contributed by atoms with Crippen molar-refractivity contribution in [1.82, 2.24) is 4.98 Å². The smallest absolute Gasteiger partial charge is 0.356 e. The Hall–Kier alpha value is -1.55. The third-order valence-electron chi connectivity index (χ3n) is 2.08. The van der Waals surface area contributed by atoms with E-state index in [0.29, 0.717) is 0 Å². The Morgan fingerprint density at radius 1 is 1.67 bits per heavy atom. The van der Waals surface area contributed by atoms with Crippen molar-refractivity contribution in [2.75, 3.05) is 6.61 Å². The molecule has 0 aliphatic heterocycles. The number of aromatic nitrogens is 1. The summed E-state index contributed by atoms with van der Waals surface area (Å²) in [6.07, 6.45) is -2.92. The topological polar surface area (TPSA) is 63.0 Å². The fourth-order valence-electron chi connectivity index (χ4n) is 1.32. The predicted molar refractivity (Wildman–Crippen MR) is 62.5 cm³/mol. The fourth-order valence-corrected chi connectivity index (χ4v) is 1.76. The normalized spacial score (nSPS) is 10.2. The molecule has 1 heterocycles. The van der Waals surface area contributed by atoms with Crippen molar-refractivity contribution in [2.24, 2.45) is 0 Å². The molecule has 0 radical (unpaired) electrons. The van der Waals surface area contributed by atoms with Crippen molar-refractivity contribution in [2.45, 2.75) is 18.7 Å². The van der Waals surface area contributed by atoms with Gasteiger partial charge in [0.05, 0.1) is 12.2 Å². The van der Waals surface area contributed by atoms with Gasteiger partial charge in [-0.25, -0.2) is 18.6 Å². The number of pyridine rings is 1. The van der Waals surface area contributed by atoms with E-state index >= 15 is 0 Å². The number of hydrogen-bond donors (Lipinski definition) is 0. The summed E-state index contributed by atoms with van der Waals surface area (Å²) in [5.74, 6) is -0.786. The molecule has 0 atom stereocenters. The van der Waals surface area contributed by atoms with Crippen LogP contribution in [0.4, 0.5) is 8.78 Å². The second-order valence-electron chi connectivity index (χ2n) is 3.19. The number of nitrogens with zero attached hydrogens (tertiary/aromatic N) is 2. The van der Waals surface area contributed by atoms with Gasteiger partial charge in [-0.05, 0) is 18.6 Å². The maximum absolute atomic E-state index is 12.8. The molecular formula is C11H9BrF2N2O2. The SMILES string of the molecule is CCOC(=O)c1cc(CBr)c(C#N)c(C(F)F)n1. The maximum atomic E-state index is 12.8. The number of alkyl halides is 3. The summed E-state index contributed by atoms with van der Waals surface area (Å²) in [5, 5.41) is 9.02. The highest BCUT2D eigenvalue weighted by Gasteiger charge is 2.22. The van der Waals surface area contributed by atoms with Crippen LogP contribution < -0.4 is 0 Å². The third kappa shape index (κ3) is 3.01. The molecule has 0 saturated carbocycles. The second kappa shape index (κ2) is 6.40. The van der Waals surface area contributed by atoms with Crippen LogP contribution in [0.15, 0.2) is 6.07 Å². The van der Waals surface area contributed by atoms with Crippen LogP contribution in [-0.4, -0.2) is 17.6 Å². The average Bonchev–Trinajstić information content (AvgIpc) is 2.37. The van der Waals surface area contributed by atoms with Crippen LogP contribution in [0.1, 0.15) is 40.7 Å². The van der Waals surface area contributed by atoms with E-state index in [1.807, 2.05) is 0 Å². The zero-order valence-corrected chi connectivity index (χ0v) is 11.0. The molecule has 0 aliphatic rings. The number of esters is 1. The quantitative estimate of drug-likeness (QED) is 0.632. The van der Waals surface area contributed by atoms with Gasteiger partial charge in [-0.3, -0.25) is 0 Å². The Morgan fingerprint density at radius 3 is 2.78 bits per heavy atom. The first-order valence-electron chi connectivity index (χ1n) is 5.00. The molecule has 96 valence electrons. The lowest BCUT2D eigenvalue weighted by atomic mass is 10.1. The van der Waals surface area contributed by atoms with Gasteiger partial charge >= 0.3 is 5.97 Å². The van der Waals surface area contributed by atoms with E-state index in [2.05, 4.69) is 20.9 Å². The van der Waals surface area contributed by atoms with Gasteiger partial charge in [0.1, 0.15) is 17.5 Å². The summed E-state index contributed by atoms with van der Waals surface area (Å²) in [6, 6.07) is 2.94. The fraction of sp³-hybridized carbons (Fsp3) is 0.364. The minimum Gasteiger partial charge on any atom is -0.461 e. The van der Waals surface area contributed by atoms with Gasteiger partial charge in [0.25, 0.3) is 6.43 Å². The van der Waals surface area contributed by atoms with Crippen molar-refractivity contribution < 1.29 is 18.3 Å². The standard InChI is InChI=1S/C11H9BrF2N2O2/c1-2-18-11(17)8-3-6(4-12)7(5-15)9(16-8)10(13)14/h3,10H,2,4H2,1H3. The van der Waals surface area contributed by atoms with Gasteiger partial charge in [-0.1, -0.05) is 15.9 Å². The van der Waals surface area contributed by atoms with E-state index in [0.717, 1.165) is 0 Å². The van der Waals surface area contributed by atoms with Crippen molar-refractivity contribution in [1.29, 1.82) is 5.26 Å². The summed E-state index contributed by atoms with van der Waals surface area (Å²) in [4.78, 5) is 15.0. The first-order chi connectivity index (χ1) is 8.54. The molecule has 1 rings (SSSR count). The van der Waals surface area contributed by atoms with Crippen molar-refractivity contribution in [3.05, 3.63) is 28.6 Å². The Balaban J connectivity index is 3.37. The van der Waals surface area contributed by atoms with Crippen LogP contribution in [0, 0.1) is 11.3 Å². The summed E-state index contributed by atoms with van der Waals surface area (Å²) < 4.78 is 30.2. The molecule has 7 heteroatoms. The first kappa shape index (κ1) is 14.5. The van der Waals surface area contributed by atoms with E-state index in [1.165, 1.54) is 6.07 Å². The number of hydrogen-bond acceptors (Lipinski definition) is 4. The largest absolute Gasteiger partial charge is 0.461 e. The monoisotopic (exact) mass is 318 g/mol. The minimum atomic E-state index is -2.92. The molecule has 1 aromatic heterocycles. The van der Waals surface area contributed by atoms with Crippen LogP contribution in [0.3, 0.4) is 0 Å². The van der Waals surface area contributed by atoms with E-state index in [9.17, 15) is 13.6 Å². The van der Waals surface area contributed by atoms with E-state index < -0.39 is 18.1 Å². The lowest BCUT2D eigenvalue weighted by Gasteiger charge is -2.09. The molecule has 0 fully saturated rings. The second-order valence-corrected chi connectivity index (χ2v) is 3.75. The molecule has 0 aromatic carbocycles. The van der Waals surface area contributed by atoms with Crippen LogP contribution in [0.2, 0.25) is 0 Å². The van der Waals surface area contributed by atoms with Gasteiger partial charge in [-0.15, -0.1) is 0 Å². The van der Waals surface area contributed by atoms with Crippen LogP contribution in [-0.2, 0) is 10.1 Å². The minimum absolute atomic E-state index is 0.119. The van der Waals surface area contributed by atoms with Gasteiger partial charge in [0.2, 0.25) is 0 Å². The highest BCUT2D eigenvalue weighted by molar-refractivity contribution is 9.08. The molecule has 18 heavy (non-hydrogen) atoms. The number of halogens is 3. The van der Waals surface area contributed by atoms with E-state index in [-0.39, 0.29) is 28.8 Å². The Kier molecular flexibility index (Phi) is 5.16. The highest BCUT2D eigenvalue weighted by Crippen LogP contribution is 2.25. The van der Waals surface area contributed by atoms with Crippen LogP contribution >= 0.6 is 15.9 Å². The first-order valence-corrected chi connectivity index (χ1v) is 6.12. The molecule has 1 aromatic rings. The van der Waals surface area contributed by atoms with E-state index in [4.69, 9.17) is 10.00 Å². The van der Waals surface area contributed by atoms with E-state index in [1.54, 1.807) is 13.0 Å². The number of carbonyl (C=O) groups excluding carboxylic acids is 1. The van der Waals surface area contributed by atoms with Crippen molar-refractivity contribution >= 4 is 21.9 Å². The van der Waals surface area contributed by atoms with Gasteiger partial charge in [0.15, 0.2) is 0 Å². The van der Waals surface area contributed by atoms with Gasteiger partial charge in [0, 0.05) is 5.33 Å². The van der Waals surface area contributed by atoms with Crippen LogP contribution in [0.5, 0.6) is 0 Å². The molecular weight excluding hydrogens is 310 g/mol. The lowest BCUT2D eigenvalue weighted by molar-refractivity contribution is 0.0517. The summed E-state index contributed by atoms with van der Waals surface area (Å²) in [7, 11) is 0. The molecule has 0 amide bonds. The lowest BCUT2D eigenvalue weighted by Crippen LogP contribution is -2.11. The Bertz CT molecular complexity index is 501. The van der Waals surface area contributed by atoms with Crippen LogP contribution in [0.25, 0.3) is 0 Å². The molecule has 0 unspecified atom stereocenters. The third-order valence-corrected chi connectivity index (χ3v) is 2.68. The summed E-state index contributed by atoms with van der Waals surface area (Å²) in [5.41, 5.74) is -0.848. The Morgan fingerprint density at radius 2 is 2.33 bits per heavy atom. The summed E-state index contributed by atoms with van der Waals surface area (Å²) >= 11 is 3.08. The zero-order chi connectivity index (χ0) is 13.7. The number of rotatable bonds is 4. The highest BCUT2D eigenvalue weighted by atomic mass is 79.9.